The standard InChI is InChI=1S/C33H59N3O4S/c1-6-8-9-10-11-12-13-14-15-16-17-18-19-20-21-22-24-35-33(38)40-36(7-2)26(3)29(28-23-25-41-28)31(34)30(27(36)4)32(37)39-5/h26,28H,6-25,34H2,1-5H3/p+1. The van der Waals surface area contributed by atoms with Gasteiger partial charge < -0.3 is 15.8 Å². The maximum Gasteiger partial charge on any atom is 0.462 e. The minimum atomic E-state index is -0.484. The summed E-state index contributed by atoms with van der Waals surface area (Å²) < 4.78 is 5.00. The topological polar surface area (TPSA) is 90.6 Å². The molecule has 0 aliphatic carbocycles. The van der Waals surface area contributed by atoms with Gasteiger partial charge in [-0.05, 0) is 32.4 Å². The summed E-state index contributed by atoms with van der Waals surface area (Å²) >= 11 is 1.83. The summed E-state index contributed by atoms with van der Waals surface area (Å²) in [4.78, 5) is 31.8. The van der Waals surface area contributed by atoms with Gasteiger partial charge in [0.15, 0.2) is 11.7 Å². The number of amides is 1. The Kier molecular flexibility index (Phi) is 16.9. The number of thioether (sulfide) groups is 1. The van der Waals surface area contributed by atoms with Crippen molar-refractivity contribution in [3.05, 3.63) is 22.5 Å². The Morgan fingerprint density at radius 2 is 1.39 bits per heavy atom. The molecule has 41 heavy (non-hydrogen) atoms. The van der Waals surface area contributed by atoms with Crippen molar-refractivity contribution < 1.29 is 23.8 Å². The van der Waals surface area contributed by atoms with E-state index in [2.05, 4.69) is 12.2 Å². The summed E-state index contributed by atoms with van der Waals surface area (Å²) in [7, 11) is 1.36. The van der Waals surface area contributed by atoms with Gasteiger partial charge in [0.05, 0.1) is 12.8 Å². The molecule has 1 amide bonds. The molecule has 0 bridgehead atoms. The van der Waals surface area contributed by atoms with Gasteiger partial charge in [-0.2, -0.15) is 11.8 Å². The number of ether oxygens (including phenoxy) is 1. The molecule has 0 saturated carbocycles. The van der Waals surface area contributed by atoms with Crippen molar-refractivity contribution in [2.24, 2.45) is 5.73 Å². The predicted molar refractivity (Wildman–Crippen MR) is 171 cm³/mol. The van der Waals surface area contributed by atoms with E-state index in [1.807, 2.05) is 32.5 Å². The number of hydroxylamine groups is 3. The third-order valence-corrected chi connectivity index (χ3v) is 10.4. The number of carbonyl (C=O) groups excluding carboxylic acids is 2. The maximum atomic E-state index is 13.0. The van der Waals surface area contributed by atoms with Crippen molar-refractivity contribution in [3.63, 3.8) is 0 Å². The number of allylic oxidation sites excluding steroid dienone is 1. The lowest BCUT2D eigenvalue weighted by Gasteiger charge is -2.45. The molecule has 7 nitrogen and oxygen atoms in total. The van der Waals surface area contributed by atoms with Crippen LogP contribution in [-0.2, 0) is 14.4 Å². The van der Waals surface area contributed by atoms with E-state index in [-0.39, 0.29) is 15.9 Å². The first-order valence-corrected chi connectivity index (χ1v) is 17.6. The van der Waals surface area contributed by atoms with Gasteiger partial charge in [0.25, 0.3) is 0 Å². The van der Waals surface area contributed by atoms with Crippen LogP contribution in [-0.4, -0.2) is 54.0 Å². The molecular weight excluding hydrogens is 534 g/mol. The first-order chi connectivity index (χ1) is 19.8. The maximum absolute atomic E-state index is 13.0. The van der Waals surface area contributed by atoms with Crippen molar-refractivity contribution in [1.29, 1.82) is 0 Å². The van der Waals surface area contributed by atoms with Crippen LogP contribution in [0.15, 0.2) is 22.5 Å². The highest BCUT2D eigenvalue weighted by molar-refractivity contribution is 8.01. The van der Waals surface area contributed by atoms with Crippen molar-refractivity contribution in [2.75, 3.05) is 26.0 Å². The van der Waals surface area contributed by atoms with Crippen LogP contribution >= 0.6 is 11.8 Å². The number of hydrogen-bond acceptors (Lipinski definition) is 6. The number of nitrogens with zero attached hydrogens (tertiary/aromatic N) is 1. The molecule has 0 aromatic heterocycles. The number of quaternary nitrogens is 1. The molecular formula is C33H60N3O4S+. The van der Waals surface area contributed by atoms with Crippen LogP contribution < -0.4 is 11.1 Å². The van der Waals surface area contributed by atoms with Crippen molar-refractivity contribution in [1.82, 2.24) is 5.32 Å². The van der Waals surface area contributed by atoms with Crippen molar-refractivity contribution >= 4 is 23.8 Å². The third kappa shape index (κ3) is 10.5. The third-order valence-electron chi connectivity index (χ3n) is 9.04. The van der Waals surface area contributed by atoms with Crippen LogP contribution in [0.4, 0.5) is 4.79 Å². The quantitative estimate of drug-likeness (QED) is 0.0789. The zero-order valence-electron chi connectivity index (χ0n) is 26.9. The zero-order valence-corrected chi connectivity index (χ0v) is 27.7. The van der Waals surface area contributed by atoms with Gasteiger partial charge in [-0.25, -0.2) is 14.4 Å². The average molecular weight is 595 g/mol. The van der Waals surface area contributed by atoms with Gasteiger partial charge in [-0.3, -0.25) is 0 Å². The van der Waals surface area contributed by atoms with Crippen LogP contribution in [0.25, 0.3) is 0 Å². The number of esters is 1. The molecule has 0 aromatic rings. The first-order valence-electron chi connectivity index (χ1n) is 16.6. The monoisotopic (exact) mass is 594 g/mol. The lowest BCUT2D eigenvalue weighted by Crippen LogP contribution is -2.60. The molecule has 2 aliphatic heterocycles. The summed E-state index contributed by atoms with van der Waals surface area (Å²) in [5.41, 5.74) is 8.97. The minimum absolute atomic E-state index is 0.0671. The SMILES string of the molecule is CCCCCCCCCCCCCCCCCCNC(=O)O[N+]1(CC)C(C)=C(C(=O)OC)C(N)=C(C2CCS2)C1C. The molecule has 3 unspecified atom stereocenters. The Morgan fingerprint density at radius 3 is 1.80 bits per heavy atom. The lowest BCUT2D eigenvalue weighted by molar-refractivity contribution is -1.07. The highest BCUT2D eigenvalue weighted by Gasteiger charge is 2.52. The van der Waals surface area contributed by atoms with Crippen molar-refractivity contribution in [3.8, 4) is 0 Å². The normalized spacial score (nSPS) is 22.5. The number of hydrogen-bond donors (Lipinski definition) is 2. The summed E-state index contributed by atoms with van der Waals surface area (Å²) in [5.74, 6) is 0.582. The number of unbranched alkanes of at least 4 members (excludes halogenated alkanes) is 15. The fourth-order valence-electron chi connectivity index (χ4n) is 6.32. The molecule has 2 aliphatic rings. The van der Waals surface area contributed by atoms with Crippen molar-refractivity contribution in [2.45, 2.75) is 148 Å². The predicted octanol–water partition coefficient (Wildman–Crippen LogP) is 8.29. The van der Waals surface area contributed by atoms with E-state index < -0.39 is 12.1 Å². The molecule has 3 N–H and O–H groups in total. The summed E-state index contributed by atoms with van der Waals surface area (Å²) in [5, 5.41) is 3.19. The van der Waals surface area contributed by atoms with Crippen LogP contribution in [0.1, 0.15) is 137 Å². The summed E-state index contributed by atoms with van der Waals surface area (Å²) in [6, 6.07) is -0.174. The molecule has 8 heteroatoms. The number of rotatable bonds is 21. The molecule has 2 rings (SSSR count). The van der Waals surface area contributed by atoms with Crippen LogP contribution in [0.5, 0.6) is 0 Å². The Bertz CT molecular complexity index is 871. The zero-order chi connectivity index (χ0) is 30.1. The number of likely N-dealkylation sites (N-methyl/N-ethyl adjacent to an activating group) is 1. The second-order valence-electron chi connectivity index (χ2n) is 11.9. The average Bonchev–Trinajstić information content (AvgIpc) is 2.94. The lowest BCUT2D eigenvalue weighted by atomic mass is 9.89. The molecule has 3 atom stereocenters. The highest BCUT2D eigenvalue weighted by Crippen LogP contribution is 2.45. The second-order valence-corrected chi connectivity index (χ2v) is 13.2. The molecule has 0 spiro atoms. The number of methoxy groups -OCH3 is 1. The fraction of sp³-hybridized carbons (Fsp3) is 0.818. The van der Waals surface area contributed by atoms with Gasteiger partial charge in [0, 0.05) is 24.3 Å². The van der Waals surface area contributed by atoms with Gasteiger partial charge in [0.2, 0.25) is 0 Å². The molecule has 0 radical (unpaired) electrons. The van der Waals surface area contributed by atoms with E-state index in [0.717, 1.165) is 30.6 Å². The molecule has 1 saturated heterocycles. The van der Waals surface area contributed by atoms with E-state index in [1.54, 1.807) is 0 Å². The van der Waals surface area contributed by atoms with E-state index in [9.17, 15) is 9.59 Å². The fourth-order valence-corrected chi connectivity index (χ4v) is 7.29. The Balaban J connectivity index is 1.67. The van der Waals surface area contributed by atoms with Crippen LogP contribution in [0.3, 0.4) is 0 Å². The second kappa shape index (κ2) is 19.5. The minimum Gasteiger partial charge on any atom is -0.465 e. The van der Waals surface area contributed by atoms with E-state index >= 15 is 0 Å². The van der Waals surface area contributed by atoms with E-state index in [4.69, 9.17) is 15.3 Å². The Morgan fingerprint density at radius 1 is 0.902 bits per heavy atom. The number of nitrogens with one attached hydrogen (secondary N) is 1. The van der Waals surface area contributed by atoms with E-state index in [0.29, 0.717) is 30.1 Å². The highest BCUT2D eigenvalue weighted by atomic mass is 32.2. The van der Waals surface area contributed by atoms with Gasteiger partial charge >= 0.3 is 12.1 Å². The number of nitrogens with two attached hydrogens (primary N) is 1. The summed E-state index contributed by atoms with van der Waals surface area (Å²) in [6.07, 6.45) is 21.7. The van der Waals surface area contributed by atoms with Crippen LogP contribution in [0, 0.1) is 0 Å². The largest absolute Gasteiger partial charge is 0.465 e. The van der Waals surface area contributed by atoms with Gasteiger partial charge in [0.1, 0.15) is 12.1 Å². The molecule has 2 heterocycles. The van der Waals surface area contributed by atoms with Gasteiger partial charge in [-0.15, -0.1) is 0 Å². The first kappa shape index (κ1) is 35.5. The van der Waals surface area contributed by atoms with E-state index in [1.165, 1.54) is 97.0 Å². The number of carbonyl (C=O) groups is 2. The Hall–Kier alpha value is -1.67. The Labute approximate surface area is 255 Å². The molecule has 1 fully saturated rings. The van der Waals surface area contributed by atoms with Crippen LogP contribution in [0.2, 0.25) is 0 Å². The molecule has 236 valence electrons. The smallest absolute Gasteiger partial charge is 0.462 e. The van der Waals surface area contributed by atoms with Gasteiger partial charge in [-0.1, -0.05) is 108 Å². The summed E-state index contributed by atoms with van der Waals surface area (Å²) in [6.45, 7) is 9.21. The molecule has 0 aromatic carbocycles.